The molecule has 0 radical (unpaired) electrons. The second-order valence-corrected chi connectivity index (χ2v) is 7.50. The number of benzene rings is 3. The molecule has 3 aromatic carbocycles. The molecule has 0 spiro atoms. The number of fused-ring (bicyclic) bond motifs is 1. The number of hydrogen-bond acceptors (Lipinski definition) is 2. The van der Waals surface area contributed by atoms with Crippen LogP contribution in [0.15, 0.2) is 79.4 Å². The highest BCUT2D eigenvalue weighted by Gasteiger charge is 2.14. The summed E-state index contributed by atoms with van der Waals surface area (Å²) < 4.78 is 4.21. The van der Waals surface area contributed by atoms with Gasteiger partial charge in [-0.25, -0.2) is 9.97 Å². The molecule has 0 aliphatic heterocycles. The molecule has 0 N–H and O–H groups in total. The van der Waals surface area contributed by atoms with E-state index in [1.54, 1.807) is 0 Å². The van der Waals surface area contributed by atoms with Gasteiger partial charge in [0, 0.05) is 25.0 Å². The number of hydrogen-bond donors (Lipinski definition) is 0. The third kappa shape index (κ3) is 2.93. The van der Waals surface area contributed by atoms with Crippen LogP contribution in [0, 0.1) is 13.8 Å². The SMILES string of the molecule is Cc1cc(-c2ccccc2)cc(C)c1-n1ccnc1-c1ccc2c(c1)ncn2C. The van der Waals surface area contributed by atoms with Crippen molar-refractivity contribution >= 4 is 11.0 Å². The molecule has 0 saturated heterocycles. The van der Waals surface area contributed by atoms with Crippen LogP contribution >= 0.6 is 0 Å². The number of nitrogens with zero attached hydrogens (tertiary/aromatic N) is 4. The van der Waals surface area contributed by atoms with Gasteiger partial charge in [-0.05, 0) is 66.4 Å². The lowest BCUT2D eigenvalue weighted by Gasteiger charge is -2.16. The summed E-state index contributed by atoms with van der Waals surface area (Å²) in [5.74, 6) is 0.927. The topological polar surface area (TPSA) is 35.6 Å². The van der Waals surface area contributed by atoms with Gasteiger partial charge in [0.25, 0.3) is 0 Å². The van der Waals surface area contributed by atoms with Crippen LogP contribution in [0.5, 0.6) is 0 Å². The first-order valence-electron chi connectivity index (χ1n) is 9.73. The Morgan fingerprint density at radius 2 is 1.52 bits per heavy atom. The molecule has 0 saturated carbocycles. The van der Waals surface area contributed by atoms with E-state index < -0.39 is 0 Å². The van der Waals surface area contributed by atoms with Gasteiger partial charge in [-0.3, -0.25) is 4.57 Å². The van der Waals surface area contributed by atoms with Crippen molar-refractivity contribution in [3.05, 3.63) is 90.5 Å². The maximum absolute atomic E-state index is 4.67. The number of aryl methyl sites for hydroxylation is 3. The molecule has 4 heteroatoms. The van der Waals surface area contributed by atoms with Crippen molar-refractivity contribution in [3.8, 4) is 28.2 Å². The summed E-state index contributed by atoms with van der Waals surface area (Å²) in [5.41, 5.74) is 9.26. The van der Waals surface area contributed by atoms with E-state index in [0.717, 1.165) is 22.4 Å². The molecule has 29 heavy (non-hydrogen) atoms. The second kappa shape index (κ2) is 6.74. The van der Waals surface area contributed by atoms with Crippen LogP contribution in [0.25, 0.3) is 39.2 Å². The first kappa shape index (κ1) is 17.4. The van der Waals surface area contributed by atoms with Crippen molar-refractivity contribution in [1.82, 2.24) is 19.1 Å². The van der Waals surface area contributed by atoms with Gasteiger partial charge in [0.2, 0.25) is 0 Å². The summed E-state index contributed by atoms with van der Waals surface area (Å²) in [6.07, 6.45) is 5.74. The lowest BCUT2D eigenvalue weighted by atomic mass is 9.98. The summed E-state index contributed by atoms with van der Waals surface area (Å²) in [6, 6.07) is 21.3. The van der Waals surface area contributed by atoms with Crippen LogP contribution in [0.3, 0.4) is 0 Å². The summed E-state index contributed by atoms with van der Waals surface area (Å²) in [4.78, 5) is 9.17. The van der Waals surface area contributed by atoms with Gasteiger partial charge < -0.3 is 4.57 Å². The molecule has 0 atom stereocenters. The van der Waals surface area contributed by atoms with Crippen LogP contribution < -0.4 is 0 Å². The molecule has 2 aromatic heterocycles. The molecule has 5 rings (SSSR count). The lowest BCUT2D eigenvalue weighted by molar-refractivity contribution is 0.947. The Bertz CT molecular complexity index is 1300. The number of rotatable bonds is 3. The lowest BCUT2D eigenvalue weighted by Crippen LogP contribution is -2.02. The molecule has 0 bridgehead atoms. The monoisotopic (exact) mass is 378 g/mol. The van der Waals surface area contributed by atoms with E-state index in [4.69, 9.17) is 0 Å². The minimum atomic E-state index is 0.927. The number of aromatic nitrogens is 4. The van der Waals surface area contributed by atoms with Crippen LogP contribution in [0.2, 0.25) is 0 Å². The fraction of sp³-hybridized carbons (Fsp3) is 0.120. The van der Waals surface area contributed by atoms with Gasteiger partial charge >= 0.3 is 0 Å². The van der Waals surface area contributed by atoms with Gasteiger partial charge in [-0.2, -0.15) is 0 Å². The summed E-state index contributed by atoms with van der Waals surface area (Å²) >= 11 is 0. The minimum absolute atomic E-state index is 0.927. The largest absolute Gasteiger partial charge is 0.334 e. The van der Waals surface area contributed by atoms with E-state index in [0.29, 0.717) is 0 Å². The van der Waals surface area contributed by atoms with E-state index in [1.807, 2.05) is 36.4 Å². The highest BCUT2D eigenvalue weighted by molar-refractivity contribution is 5.81. The molecule has 0 aliphatic rings. The van der Waals surface area contributed by atoms with Gasteiger partial charge in [0.05, 0.1) is 23.0 Å². The van der Waals surface area contributed by atoms with E-state index in [1.165, 1.54) is 27.9 Å². The van der Waals surface area contributed by atoms with Gasteiger partial charge in [0.15, 0.2) is 0 Å². The summed E-state index contributed by atoms with van der Waals surface area (Å²) in [7, 11) is 2.01. The van der Waals surface area contributed by atoms with Gasteiger partial charge in [-0.1, -0.05) is 30.3 Å². The smallest absolute Gasteiger partial charge is 0.144 e. The molecule has 4 nitrogen and oxygen atoms in total. The Balaban J connectivity index is 1.63. The fourth-order valence-electron chi connectivity index (χ4n) is 4.11. The molecule has 0 fully saturated rings. The highest BCUT2D eigenvalue weighted by atomic mass is 15.1. The molecular weight excluding hydrogens is 356 g/mol. The highest BCUT2D eigenvalue weighted by Crippen LogP contribution is 2.31. The van der Waals surface area contributed by atoms with E-state index >= 15 is 0 Å². The molecule has 142 valence electrons. The van der Waals surface area contributed by atoms with Crippen molar-refractivity contribution in [3.63, 3.8) is 0 Å². The molecule has 0 amide bonds. The zero-order valence-corrected chi connectivity index (χ0v) is 16.8. The minimum Gasteiger partial charge on any atom is -0.334 e. The van der Waals surface area contributed by atoms with Crippen molar-refractivity contribution < 1.29 is 0 Å². The van der Waals surface area contributed by atoms with Gasteiger partial charge in [-0.15, -0.1) is 0 Å². The average molecular weight is 378 g/mol. The zero-order chi connectivity index (χ0) is 20.0. The van der Waals surface area contributed by atoms with E-state index in [2.05, 4.69) is 83.0 Å². The van der Waals surface area contributed by atoms with E-state index in [-0.39, 0.29) is 0 Å². The Morgan fingerprint density at radius 1 is 0.759 bits per heavy atom. The van der Waals surface area contributed by atoms with Crippen molar-refractivity contribution in [2.24, 2.45) is 7.05 Å². The summed E-state index contributed by atoms with van der Waals surface area (Å²) in [6.45, 7) is 4.33. The number of imidazole rings is 2. The second-order valence-electron chi connectivity index (χ2n) is 7.50. The van der Waals surface area contributed by atoms with Crippen molar-refractivity contribution in [1.29, 1.82) is 0 Å². The third-order valence-electron chi connectivity index (χ3n) is 5.46. The van der Waals surface area contributed by atoms with Crippen LogP contribution in [-0.2, 0) is 7.05 Å². The Labute approximate surface area is 170 Å². The van der Waals surface area contributed by atoms with Crippen LogP contribution in [-0.4, -0.2) is 19.1 Å². The zero-order valence-electron chi connectivity index (χ0n) is 16.8. The predicted octanol–water partition coefficient (Wildman–Crippen LogP) is 5.71. The van der Waals surface area contributed by atoms with E-state index in [9.17, 15) is 0 Å². The van der Waals surface area contributed by atoms with Gasteiger partial charge in [0.1, 0.15) is 5.82 Å². The molecular formula is C25H22N4. The molecule has 5 aromatic rings. The normalized spacial score (nSPS) is 11.3. The standard InChI is InChI=1S/C25H22N4/c1-17-13-21(19-7-5-4-6-8-19)14-18(2)24(17)29-12-11-26-25(29)20-9-10-23-22(15-20)27-16-28(23)3/h4-16H,1-3H3. The van der Waals surface area contributed by atoms with Crippen molar-refractivity contribution in [2.45, 2.75) is 13.8 Å². The first-order valence-corrected chi connectivity index (χ1v) is 9.73. The third-order valence-corrected chi connectivity index (χ3v) is 5.46. The first-order chi connectivity index (χ1) is 14.1. The predicted molar refractivity (Wildman–Crippen MR) is 118 cm³/mol. The van der Waals surface area contributed by atoms with Crippen LogP contribution in [0.4, 0.5) is 0 Å². The Morgan fingerprint density at radius 3 is 2.28 bits per heavy atom. The Kier molecular flexibility index (Phi) is 4.06. The van der Waals surface area contributed by atoms with Crippen molar-refractivity contribution in [2.75, 3.05) is 0 Å². The molecule has 0 unspecified atom stereocenters. The Hall–Kier alpha value is -3.66. The maximum atomic E-state index is 4.67. The summed E-state index contributed by atoms with van der Waals surface area (Å²) in [5, 5.41) is 0. The molecule has 0 aliphatic carbocycles. The quantitative estimate of drug-likeness (QED) is 0.403. The van der Waals surface area contributed by atoms with Crippen LogP contribution in [0.1, 0.15) is 11.1 Å². The maximum Gasteiger partial charge on any atom is 0.144 e. The fourth-order valence-corrected chi connectivity index (χ4v) is 4.11. The average Bonchev–Trinajstić information content (AvgIpc) is 3.35. The molecule has 2 heterocycles.